The molecule has 0 saturated carbocycles. The molecule has 9 nitrogen and oxygen atoms in total. The van der Waals surface area contributed by atoms with E-state index in [1.807, 2.05) is 6.20 Å². The van der Waals surface area contributed by atoms with Crippen LogP contribution in [0.2, 0.25) is 0 Å². The van der Waals surface area contributed by atoms with Crippen LogP contribution in [0.4, 0.5) is 5.95 Å². The first-order chi connectivity index (χ1) is 16.1. The van der Waals surface area contributed by atoms with Crippen LogP contribution in [0.1, 0.15) is 38.4 Å². The van der Waals surface area contributed by atoms with Crippen molar-refractivity contribution in [3.8, 4) is 0 Å². The summed E-state index contributed by atoms with van der Waals surface area (Å²) in [5.74, 6) is 0.447. The molecule has 0 bridgehead atoms. The fourth-order valence-electron chi connectivity index (χ4n) is 4.47. The van der Waals surface area contributed by atoms with E-state index in [0.29, 0.717) is 37.1 Å². The molecule has 3 N–H and O–H groups in total. The summed E-state index contributed by atoms with van der Waals surface area (Å²) in [6.07, 6.45) is 5.91. The monoisotopic (exact) mass is 440 g/mol. The smallest absolute Gasteiger partial charge is 0.272 e. The molecule has 0 radical (unpaired) electrons. The van der Waals surface area contributed by atoms with Crippen molar-refractivity contribution < 1.29 is 4.79 Å². The van der Waals surface area contributed by atoms with Crippen molar-refractivity contribution in [3.05, 3.63) is 82.4 Å². The van der Waals surface area contributed by atoms with Crippen LogP contribution >= 0.6 is 0 Å². The Morgan fingerprint density at radius 1 is 1.15 bits per heavy atom. The van der Waals surface area contributed by atoms with Crippen molar-refractivity contribution in [2.75, 3.05) is 18.4 Å². The molecular weight excluding hydrogens is 416 g/mol. The van der Waals surface area contributed by atoms with E-state index < -0.39 is 0 Å². The number of nitrogens with zero attached hydrogens (tertiary/aromatic N) is 5. The van der Waals surface area contributed by atoms with Gasteiger partial charge in [0.25, 0.3) is 5.91 Å². The van der Waals surface area contributed by atoms with Crippen molar-refractivity contribution in [1.82, 2.24) is 19.9 Å². The van der Waals surface area contributed by atoms with Gasteiger partial charge in [0.05, 0.1) is 11.4 Å². The number of benzene rings is 1. The maximum atomic E-state index is 13.0. The zero-order valence-corrected chi connectivity index (χ0v) is 18.1. The normalized spacial score (nSPS) is 15.0. The van der Waals surface area contributed by atoms with E-state index >= 15 is 0 Å². The Labute approximate surface area is 191 Å². The molecular formula is C24H24N8O. The van der Waals surface area contributed by atoms with Gasteiger partial charge < -0.3 is 15.6 Å². The number of carbonyl (C=O) groups excluding carboxylic acids is 1. The highest BCUT2D eigenvalue weighted by molar-refractivity contribution is 6.02. The van der Waals surface area contributed by atoms with Gasteiger partial charge in [-0.05, 0) is 36.1 Å². The zero-order chi connectivity index (χ0) is 22.8. The van der Waals surface area contributed by atoms with Crippen LogP contribution in [0, 0.1) is 10.9 Å². The second kappa shape index (κ2) is 8.85. The third-order valence-electron chi connectivity index (χ3n) is 6.17. The van der Waals surface area contributed by atoms with Crippen LogP contribution in [0.15, 0.2) is 53.9 Å². The molecule has 33 heavy (non-hydrogen) atoms. The van der Waals surface area contributed by atoms with E-state index in [1.54, 1.807) is 17.0 Å². The first-order valence-electron chi connectivity index (χ1n) is 10.9. The number of rotatable bonds is 6. The number of pyridine rings is 1. The Hall–Kier alpha value is -4.01. The van der Waals surface area contributed by atoms with Gasteiger partial charge in [0.2, 0.25) is 5.95 Å². The summed E-state index contributed by atoms with van der Waals surface area (Å²) in [6.45, 7) is 0.951. The van der Waals surface area contributed by atoms with Crippen molar-refractivity contribution in [3.63, 3.8) is 0 Å². The lowest BCUT2D eigenvalue weighted by Gasteiger charge is -2.28. The van der Waals surface area contributed by atoms with Crippen LogP contribution in [0.5, 0.6) is 0 Å². The van der Waals surface area contributed by atoms with Crippen molar-refractivity contribution in [2.45, 2.75) is 31.8 Å². The minimum absolute atomic E-state index is 0.0185. The average Bonchev–Trinajstić information content (AvgIpc) is 3.26. The lowest BCUT2D eigenvalue weighted by molar-refractivity contribution is 0.0727. The number of amides is 1. The molecule has 0 unspecified atom stereocenters. The number of aromatic nitrogens is 3. The molecule has 2 aromatic heterocycles. The molecule has 1 aromatic carbocycles. The SMILES string of the molecule is N=NCC(=N)c1ccnc(C(=O)N2CCc3nc(NC4Cc5ccccc5C4)ncc3C2)c1. The second-order valence-electron chi connectivity index (χ2n) is 8.39. The van der Waals surface area contributed by atoms with Crippen LogP contribution < -0.4 is 5.32 Å². The quantitative estimate of drug-likeness (QED) is 0.400. The molecule has 2 aliphatic rings. The van der Waals surface area contributed by atoms with Crippen molar-refractivity contribution in [2.24, 2.45) is 5.11 Å². The largest absolute Gasteiger partial charge is 0.351 e. The molecule has 0 saturated heterocycles. The molecule has 9 heteroatoms. The number of anilines is 1. The van der Waals surface area contributed by atoms with E-state index in [0.717, 1.165) is 24.1 Å². The highest BCUT2D eigenvalue weighted by Gasteiger charge is 2.26. The van der Waals surface area contributed by atoms with E-state index in [2.05, 4.69) is 44.7 Å². The molecule has 3 aromatic rings. The summed E-state index contributed by atoms with van der Waals surface area (Å²) in [7, 11) is 0. The molecule has 1 amide bonds. The van der Waals surface area contributed by atoms with Gasteiger partial charge in [-0.2, -0.15) is 5.11 Å². The lowest BCUT2D eigenvalue weighted by Crippen LogP contribution is -2.37. The third kappa shape index (κ3) is 4.34. The minimum Gasteiger partial charge on any atom is -0.351 e. The molecule has 0 atom stereocenters. The van der Waals surface area contributed by atoms with E-state index in [9.17, 15) is 4.79 Å². The van der Waals surface area contributed by atoms with Gasteiger partial charge in [0.15, 0.2) is 0 Å². The van der Waals surface area contributed by atoms with Crippen LogP contribution in [-0.4, -0.2) is 50.6 Å². The number of nitrogens with one attached hydrogen (secondary N) is 3. The maximum Gasteiger partial charge on any atom is 0.272 e. The van der Waals surface area contributed by atoms with Gasteiger partial charge >= 0.3 is 0 Å². The summed E-state index contributed by atoms with van der Waals surface area (Å²) in [6, 6.07) is 12.0. The molecule has 0 fully saturated rings. The molecule has 1 aliphatic heterocycles. The minimum atomic E-state index is -0.191. The predicted octanol–water partition coefficient (Wildman–Crippen LogP) is 3.05. The maximum absolute atomic E-state index is 13.0. The molecule has 166 valence electrons. The Bertz CT molecular complexity index is 1220. The van der Waals surface area contributed by atoms with Gasteiger partial charge in [-0.15, -0.1) is 0 Å². The summed E-state index contributed by atoms with van der Waals surface area (Å²) in [4.78, 5) is 28.2. The van der Waals surface area contributed by atoms with Crippen molar-refractivity contribution in [1.29, 1.82) is 10.9 Å². The second-order valence-corrected chi connectivity index (χ2v) is 8.39. The molecule has 5 rings (SSSR count). The Balaban J connectivity index is 1.25. The van der Waals surface area contributed by atoms with E-state index in [4.69, 9.17) is 15.9 Å². The van der Waals surface area contributed by atoms with Gasteiger partial charge in [-0.25, -0.2) is 15.5 Å². The van der Waals surface area contributed by atoms with Gasteiger partial charge in [-0.1, -0.05) is 24.3 Å². The Kier molecular flexibility index (Phi) is 5.60. The van der Waals surface area contributed by atoms with Crippen LogP contribution in [0.25, 0.3) is 0 Å². The Morgan fingerprint density at radius 3 is 2.70 bits per heavy atom. The van der Waals surface area contributed by atoms with Crippen LogP contribution in [-0.2, 0) is 25.8 Å². The lowest BCUT2D eigenvalue weighted by atomic mass is 10.1. The topological polar surface area (TPSA) is 131 Å². The van der Waals surface area contributed by atoms with Gasteiger partial charge in [-0.3, -0.25) is 9.78 Å². The van der Waals surface area contributed by atoms with Gasteiger partial charge in [0, 0.05) is 49.1 Å². The van der Waals surface area contributed by atoms with E-state index in [1.165, 1.54) is 17.3 Å². The summed E-state index contributed by atoms with van der Waals surface area (Å²) in [5, 5.41) is 14.7. The highest BCUT2D eigenvalue weighted by Crippen LogP contribution is 2.25. The average molecular weight is 441 g/mol. The zero-order valence-electron chi connectivity index (χ0n) is 18.1. The molecule has 1 aliphatic carbocycles. The fraction of sp³-hybridized carbons (Fsp3) is 0.292. The highest BCUT2D eigenvalue weighted by atomic mass is 16.2. The van der Waals surface area contributed by atoms with Crippen LogP contribution in [0.3, 0.4) is 0 Å². The predicted molar refractivity (Wildman–Crippen MR) is 123 cm³/mol. The summed E-state index contributed by atoms with van der Waals surface area (Å²) < 4.78 is 0. The standard InChI is InChI=1S/C24H24N8O/c25-20(13-29-26)17-5-7-27-22(11-17)23(33)32-8-6-21-18(14-32)12-28-24(31-21)30-19-9-15-3-1-2-4-16(15)10-19/h1-5,7,11-12,19,25-26H,6,8-10,13-14H2,(H,28,30,31). The van der Waals surface area contributed by atoms with E-state index in [-0.39, 0.29) is 23.9 Å². The number of fused-ring (bicyclic) bond motifs is 2. The Morgan fingerprint density at radius 2 is 1.94 bits per heavy atom. The summed E-state index contributed by atoms with van der Waals surface area (Å²) >= 11 is 0. The van der Waals surface area contributed by atoms with Gasteiger partial charge in [0.1, 0.15) is 12.2 Å². The molecule has 0 spiro atoms. The number of carbonyl (C=O) groups is 1. The first kappa shape index (κ1) is 20.9. The number of hydrogen-bond donors (Lipinski definition) is 3. The molecule has 3 heterocycles. The third-order valence-corrected chi connectivity index (χ3v) is 6.17. The first-order valence-corrected chi connectivity index (χ1v) is 10.9. The number of hydrogen-bond acceptors (Lipinski definition) is 8. The van der Waals surface area contributed by atoms with Crippen molar-refractivity contribution >= 4 is 17.6 Å². The fourth-order valence-corrected chi connectivity index (χ4v) is 4.47. The summed E-state index contributed by atoms with van der Waals surface area (Å²) in [5.41, 5.74) is 12.6.